The van der Waals surface area contributed by atoms with E-state index in [1.165, 1.54) is 0 Å². The number of carbonyl (C=O) groups is 1. The van der Waals surface area contributed by atoms with Gasteiger partial charge in [0, 0.05) is 6.42 Å². The highest BCUT2D eigenvalue weighted by Crippen LogP contribution is 2.30. The predicted octanol–water partition coefficient (Wildman–Crippen LogP) is 5.81. The fraction of sp³-hybridized carbons (Fsp3) is 0.457. The van der Waals surface area contributed by atoms with E-state index in [1.807, 2.05) is 91.0 Å². The van der Waals surface area contributed by atoms with Gasteiger partial charge in [0.05, 0.1) is 51.3 Å². The molecule has 1 aliphatic heterocycles. The molecule has 1 fully saturated rings. The van der Waals surface area contributed by atoms with Crippen molar-refractivity contribution in [2.45, 2.75) is 89.5 Å². The standard InChI is InChI=1S/C35H45NO7/c1-35(2,3)43-34(38)36-29(21-37)19-30-20-31(40-23-27-15-9-5-10-16-27)33(41-24-28-17-11-6-12-18-28)32(42-30)25-39-22-26-13-7-4-8-14-26/h4-18,29-33,37H,19-25H2,1-3H3,(H,36,38)/t29-,30+,31-,32-,33-/m1/s1. The minimum absolute atomic E-state index is 0.252. The molecule has 1 heterocycles. The van der Waals surface area contributed by atoms with Crippen LogP contribution >= 0.6 is 0 Å². The van der Waals surface area contributed by atoms with Crippen LogP contribution in [0.5, 0.6) is 0 Å². The molecule has 0 aromatic heterocycles. The van der Waals surface area contributed by atoms with Crippen LogP contribution in [0.3, 0.4) is 0 Å². The summed E-state index contributed by atoms with van der Waals surface area (Å²) < 4.78 is 31.2. The molecule has 4 rings (SSSR count). The van der Waals surface area contributed by atoms with E-state index in [1.54, 1.807) is 20.8 Å². The monoisotopic (exact) mass is 591 g/mol. The number of carbonyl (C=O) groups excluding carboxylic acids is 1. The number of benzene rings is 3. The van der Waals surface area contributed by atoms with Crippen molar-refractivity contribution in [1.29, 1.82) is 0 Å². The number of alkyl carbamates (subject to hydrolysis) is 1. The first-order valence-electron chi connectivity index (χ1n) is 15.0. The molecule has 0 spiro atoms. The van der Waals surface area contributed by atoms with Gasteiger partial charge in [-0.25, -0.2) is 4.79 Å². The number of nitrogens with one attached hydrogen (secondary N) is 1. The van der Waals surface area contributed by atoms with E-state index in [0.29, 0.717) is 39.3 Å². The zero-order valence-corrected chi connectivity index (χ0v) is 25.4. The number of aliphatic hydroxyl groups excluding tert-OH is 1. The van der Waals surface area contributed by atoms with Crippen molar-refractivity contribution in [2.75, 3.05) is 13.2 Å². The van der Waals surface area contributed by atoms with Gasteiger partial charge < -0.3 is 34.1 Å². The number of ether oxygens (including phenoxy) is 5. The SMILES string of the molecule is CC(C)(C)OC(=O)N[C@@H](CO)C[C@H]1C[C@@H](OCc2ccccc2)[C@@H](OCc2ccccc2)[C@@H](COCc2ccccc2)O1. The van der Waals surface area contributed by atoms with Gasteiger partial charge in [-0.3, -0.25) is 0 Å². The van der Waals surface area contributed by atoms with Gasteiger partial charge in [0.1, 0.15) is 17.8 Å². The third-order valence-corrected chi connectivity index (χ3v) is 7.07. The van der Waals surface area contributed by atoms with Crippen LogP contribution in [0.4, 0.5) is 4.79 Å². The fourth-order valence-electron chi connectivity index (χ4n) is 5.06. The molecule has 0 saturated carbocycles. The Morgan fingerprint density at radius 3 is 1.93 bits per heavy atom. The fourth-order valence-corrected chi connectivity index (χ4v) is 5.06. The van der Waals surface area contributed by atoms with Crippen LogP contribution in [0.1, 0.15) is 50.3 Å². The van der Waals surface area contributed by atoms with Crippen molar-refractivity contribution in [3.8, 4) is 0 Å². The Labute approximate surface area is 255 Å². The zero-order chi connectivity index (χ0) is 30.5. The number of rotatable bonds is 14. The Morgan fingerprint density at radius 1 is 0.860 bits per heavy atom. The van der Waals surface area contributed by atoms with E-state index < -0.39 is 29.9 Å². The smallest absolute Gasteiger partial charge is 0.407 e. The van der Waals surface area contributed by atoms with Crippen LogP contribution in [0.15, 0.2) is 91.0 Å². The zero-order valence-electron chi connectivity index (χ0n) is 25.4. The second kappa shape index (κ2) is 16.5. The first-order chi connectivity index (χ1) is 20.8. The van der Waals surface area contributed by atoms with Crippen molar-refractivity contribution in [2.24, 2.45) is 0 Å². The van der Waals surface area contributed by atoms with Crippen LogP contribution in [-0.4, -0.2) is 60.5 Å². The highest BCUT2D eigenvalue weighted by Gasteiger charge is 2.41. The predicted molar refractivity (Wildman–Crippen MR) is 164 cm³/mol. The molecule has 232 valence electrons. The minimum Gasteiger partial charge on any atom is -0.444 e. The van der Waals surface area contributed by atoms with Gasteiger partial charge in [0.25, 0.3) is 0 Å². The molecule has 8 nitrogen and oxygen atoms in total. The highest BCUT2D eigenvalue weighted by molar-refractivity contribution is 5.68. The molecule has 3 aromatic carbocycles. The van der Waals surface area contributed by atoms with Crippen molar-refractivity contribution < 1.29 is 33.6 Å². The highest BCUT2D eigenvalue weighted by atomic mass is 16.6. The van der Waals surface area contributed by atoms with Gasteiger partial charge in [0.15, 0.2) is 0 Å². The van der Waals surface area contributed by atoms with E-state index in [9.17, 15) is 9.90 Å². The lowest BCUT2D eigenvalue weighted by Crippen LogP contribution is -2.54. The average molecular weight is 592 g/mol. The molecule has 0 bridgehead atoms. The van der Waals surface area contributed by atoms with Gasteiger partial charge in [-0.2, -0.15) is 0 Å². The first kappa shape index (κ1) is 32.6. The summed E-state index contributed by atoms with van der Waals surface area (Å²) in [6.45, 7) is 6.70. The molecule has 8 heteroatoms. The van der Waals surface area contributed by atoms with Crippen molar-refractivity contribution in [1.82, 2.24) is 5.32 Å². The molecule has 1 aliphatic rings. The normalized spacial score (nSPS) is 21.2. The van der Waals surface area contributed by atoms with Crippen molar-refractivity contribution in [3.63, 3.8) is 0 Å². The molecule has 1 amide bonds. The summed E-state index contributed by atoms with van der Waals surface area (Å²) in [7, 11) is 0. The third-order valence-electron chi connectivity index (χ3n) is 7.07. The summed E-state index contributed by atoms with van der Waals surface area (Å²) in [5.41, 5.74) is 2.53. The number of hydrogen-bond acceptors (Lipinski definition) is 7. The first-order valence-corrected chi connectivity index (χ1v) is 15.0. The molecular weight excluding hydrogens is 546 g/mol. The third kappa shape index (κ3) is 11.4. The Kier molecular flexibility index (Phi) is 12.6. The van der Waals surface area contributed by atoms with Gasteiger partial charge in [-0.1, -0.05) is 91.0 Å². The summed E-state index contributed by atoms with van der Waals surface area (Å²) in [5.74, 6) is 0. The Balaban J connectivity index is 1.50. The molecule has 0 unspecified atom stereocenters. The van der Waals surface area contributed by atoms with Crippen LogP contribution in [0.2, 0.25) is 0 Å². The van der Waals surface area contributed by atoms with E-state index in [4.69, 9.17) is 23.7 Å². The van der Waals surface area contributed by atoms with Crippen molar-refractivity contribution >= 4 is 6.09 Å². The Morgan fingerprint density at radius 2 is 1.40 bits per heavy atom. The molecule has 1 saturated heterocycles. The lowest BCUT2D eigenvalue weighted by Gasteiger charge is -2.42. The summed E-state index contributed by atoms with van der Waals surface area (Å²) in [4.78, 5) is 12.5. The maximum atomic E-state index is 12.5. The quantitative estimate of drug-likeness (QED) is 0.244. The summed E-state index contributed by atoms with van der Waals surface area (Å²) in [5, 5.41) is 12.9. The van der Waals surface area contributed by atoms with Crippen LogP contribution in [-0.2, 0) is 43.5 Å². The molecule has 0 aliphatic carbocycles. The Bertz CT molecular complexity index is 1200. The van der Waals surface area contributed by atoms with Crippen LogP contribution in [0.25, 0.3) is 0 Å². The van der Waals surface area contributed by atoms with Gasteiger partial charge in [-0.05, 0) is 43.9 Å². The summed E-state index contributed by atoms with van der Waals surface area (Å²) >= 11 is 0. The van der Waals surface area contributed by atoms with Crippen LogP contribution < -0.4 is 5.32 Å². The van der Waals surface area contributed by atoms with Crippen molar-refractivity contribution in [3.05, 3.63) is 108 Å². The average Bonchev–Trinajstić information content (AvgIpc) is 2.99. The van der Waals surface area contributed by atoms with Crippen LogP contribution in [0, 0.1) is 0 Å². The largest absolute Gasteiger partial charge is 0.444 e. The molecule has 43 heavy (non-hydrogen) atoms. The molecule has 3 aromatic rings. The van der Waals surface area contributed by atoms with Gasteiger partial charge in [-0.15, -0.1) is 0 Å². The summed E-state index contributed by atoms with van der Waals surface area (Å²) in [6.07, 6.45) is -1.15. The van der Waals surface area contributed by atoms with E-state index in [2.05, 4.69) is 5.32 Å². The van der Waals surface area contributed by atoms with E-state index in [-0.39, 0.29) is 18.8 Å². The van der Waals surface area contributed by atoms with Gasteiger partial charge in [0.2, 0.25) is 0 Å². The Hall–Kier alpha value is -3.27. The molecule has 2 N–H and O–H groups in total. The molecule has 0 radical (unpaired) electrons. The second-order valence-corrected chi connectivity index (χ2v) is 11.9. The number of amides is 1. The maximum Gasteiger partial charge on any atom is 0.407 e. The molecular formula is C35H45NO7. The second-order valence-electron chi connectivity index (χ2n) is 11.9. The topological polar surface area (TPSA) is 95.5 Å². The maximum absolute atomic E-state index is 12.5. The molecule has 5 atom stereocenters. The number of aliphatic hydroxyl groups is 1. The van der Waals surface area contributed by atoms with Gasteiger partial charge >= 0.3 is 6.09 Å². The minimum atomic E-state index is -0.647. The summed E-state index contributed by atoms with van der Waals surface area (Å²) in [6, 6.07) is 29.5. The van der Waals surface area contributed by atoms with E-state index in [0.717, 1.165) is 16.7 Å². The lowest BCUT2D eigenvalue weighted by atomic mass is 9.94. The lowest BCUT2D eigenvalue weighted by molar-refractivity contribution is -0.222. The number of hydrogen-bond donors (Lipinski definition) is 2. The van der Waals surface area contributed by atoms with E-state index >= 15 is 0 Å².